The summed E-state index contributed by atoms with van der Waals surface area (Å²) in [5.74, 6) is -0.0779. The van der Waals surface area contributed by atoms with Gasteiger partial charge >= 0.3 is 0 Å². The molecule has 5 heteroatoms. The second kappa shape index (κ2) is 18.9. The van der Waals surface area contributed by atoms with Crippen LogP contribution in [0.1, 0.15) is 110 Å². The van der Waals surface area contributed by atoms with E-state index in [1.54, 1.807) is 0 Å². The first-order valence-electron chi connectivity index (χ1n) is 9.51. The van der Waals surface area contributed by atoms with Gasteiger partial charge in [-0.25, -0.2) is 0 Å². The molecule has 0 aliphatic rings. The van der Waals surface area contributed by atoms with Gasteiger partial charge in [0.15, 0.2) is 0 Å². The molecule has 136 valence electrons. The third-order valence-electron chi connectivity index (χ3n) is 4.26. The van der Waals surface area contributed by atoms with E-state index < -0.39 is 10.1 Å². The van der Waals surface area contributed by atoms with Crippen LogP contribution < -0.4 is 0 Å². The van der Waals surface area contributed by atoms with Crippen LogP contribution in [0.25, 0.3) is 0 Å². The molecule has 0 fully saturated rings. The molecule has 0 spiro atoms. The molecule has 0 unspecified atom stereocenters. The van der Waals surface area contributed by atoms with E-state index in [1.165, 1.54) is 83.5 Å². The van der Waals surface area contributed by atoms with Crippen LogP contribution in [0, 0.1) is 0 Å². The minimum Gasteiger partial charge on any atom is -0.286 e. The summed E-state index contributed by atoms with van der Waals surface area (Å²) in [6, 6.07) is 0. The number of hydrogen-bond acceptors (Lipinski definition) is 2. The fourth-order valence-electron chi connectivity index (χ4n) is 2.83. The summed E-state index contributed by atoms with van der Waals surface area (Å²) in [7, 11) is -3.74. The van der Waals surface area contributed by atoms with Crippen molar-refractivity contribution in [3.05, 3.63) is 0 Å². The van der Waals surface area contributed by atoms with E-state index >= 15 is 0 Å². The van der Waals surface area contributed by atoms with Gasteiger partial charge in [-0.2, -0.15) is 8.42 Å². The molecule has 0 rings (SSSR count). The predicted molar refractivity (Wildman–Crippen MR) is 96.0 cm³/mol. The molecule has 0 saturated carbocycles. The summed E-state index contributed by atoms with van der Waals surface area (Å²) in [5, 5.41) is 0. The fourth-order valence-corrected chi connectivity index (χ4v) is 3.40. The fraction of sp³-hybridized carbons (Fsp3) is 1.00. The van der Waals surface area contributed by atoms with Crippen molar-refractivity contribution in [2.45, 2.75) is 110 Å². The van der Waals surface area contributed by atoms with E-state index in [9.17, 15) is 8.42 Å². The van der Waals surface area contributed by atoms with Gasteiger partial charge in [-0.05, 0) is 6.42 Å². The van der Waals surface area contributed by atoms with Crippen LogP contribution in [0.5, 0.6) is 0 Å². The van der Waals surface area contributed by atoms with Gasteiger partial charge in [0.05, 0.1) is 5.75 Å². The van der Waals surface area contributed by atoms with Crippen molar-refractivity contribution in [3.8, 4) is 0 Å². The van der Waals surface area contributed by atoms with Crippen LogP contribution >= 0.6 is 0 Å². The standard InChI is InChI=1S/C18H38O3S.Zn/c1-2-3-4-5-6-7-8-9-10-11-12-13-14-15-16-17-18-22(19,20)21;/h2-18H2,1H3,(H,19,20,21);. The normalized spacial score (nSPS) is 11.4. The molecule has 0 radical (unpaired) electrons. The first-order chi connectivity index (χ1) is 10.6. The Balaban J connectivity index is 0. The van der Waals surface area contributed by atoms with Gasteiger partial charge in [0.1, 0.15) is 0 Å². The largest absolute Gasteiger partial charge is 0.286 e. The van der Waals surface area contributed by atoms with Crippen molar-refractivity contribution in [2.75, 3.05) is 5.75 Å². The van der Waals surface area contributed by atoms with Crippen LogP contribution in [-0.4, -0.2) is 18.7 Å². The predicted octanol–water partition coefficient (Wildman–Crippen LogP) is 6.13. The molecular weight excluding hydrogens is 362 g/mol. The average molecular weight is 400 g/mol. The van der Waals surface area contributed by atoms with Gasteiger partial charge in [0.2, 0.25) is 0 Å². The van der Waals surface area contributed by atoms with Gasteiger partial charge < -0.3 is 0 Å². The minimum atomic E-state index is -3.74. The Kier molecular flexibility index (Phi) is 21.1. The Morgan fingerprint density at radius 1 is 0.565 bits per heavy atom. The summed E-state index contributed by atoms with van der Waals surface area (Å²) < 4.78 is 29.7. The van der Waals surface area contributed by atoms with E-state index in [0.29, 0.717) is 6.42 Å². The van der Waals surface area contributed by atoms with E-state index in [4.69, 9.17) is 4.55 Å². The molecule has 0 aliphatic heterocycles. The summed E-state index contributed by atoms with van der Waals surface area (Å²) in [5.41, 5.74) is 0. The molecule has 1 N–H and O–H groups in total. The quantitative estimate of drug-likeness (QED) is 0.182. The molecule has 0 aromatic carbocycles. The van der Waals surface area contributed by atoms with Crippen molar-refractivity contribution in [1.29, 1.82) is 0 Å². The Morgan fingerprint density at radius 2 is 0.826 bits per heavy atom. The van der Waals surface area contributed by atoms with Crippen LogP contribution in [0.15, 0.2) is 0 Å². The van der Waals surface area contributed by atoms with Crippen molar-refractivity contribution >= 4 is 10.1 Å². The molecule has 0 amide bonds. The van der Waals surface area contributed by atoms with Crippen molar-refractivity contribution in [3.63, 3.8) is 0 Å². The maximum Gasteiger partial charge on any atom is 0.264 e. The van der Waals surface area contributed by atoms with Crippen molar-refractivity contribution in [1.82, 2.24) is 0 Å². The molecule has 0 aliphatic carbocycles. The van der Waals surface area contributed by atoms with Crippen LogP contribution in [0.4, 0.5) is 0 Å². The molecular formula is C18H38O3SZn. The van der Waals surface area contributed by atoms with E-state index in [1.807, 2.05) is 0 Å². The monoisotopic (exact) mass is 398 g/mol. The van der Waals surface area contributed by atoms with Crippen molar-refractivity contribution < 1.29 is 32.4 Å². The molecule has 3 nitrogen and oxygen atoms in total. The summed E-state index contributed by atoms with van der Waals surface area (Å²) in [6.07, 6.45) is 20.3. The summed E-state index contributed by atoms with van der Waals surface area (Å²) >= 11 is 0. The number of rotatable bonds is 17. The molecule has 0 saturated heterocycles. The van der Waals surface area contributed by atoms with Gasteiger partial charge in [-0.1, -0.05) is 103 Å². The summed E-state index contributed by atoms with van der Waals surface area (Å²) in [6.45, 7) is 2.26. The molecule has 0 bridgehead atoms. The second-order valence-electron chi connectivity index (χ2n) is 6.59. The third-order valence-corrected chi connectivity index (χ3v) is 5.06. The first kappa shape index (κ1) is 25.8. The maximum atomic E-state index is 10.5. The molecule has 0 heterocycles. The van der Waals surface area contributed by atoms with Crippen LogP contribution in [-0.2, 0) is 29.6 Å². The van der Waals surface area contributed by atoms with Crippen LogP contribution in [0.2, 0.25) is 0 Å². The third kappa shape index (κ3) is 24.9. The van der Waals surface area contributed by atoms with E-state index in [0.717, 1.165) is 12.8 Å². The van der Waals surface area contributed by atoms with Crippen LogP contribution in [0.3, 0.4) is 0 Å². The number of unbranched alkanes of at least 4 members (excludes halogenated alkanes) is 15. The Morgan fingerprint density at radius 3 is 1.09 bits per heavy atom. The van der Waals surface area contributed by atoms with E-state index in [2.05, 4.69) is 6.92 Å². The summed E-state index contributed by atoms with van der Waals surface area (Å²) in [4.78, 5) is 0. The molecule has 23 heavy (non-hydrogen) atoms. The van der Waals surface area contributed by atoms with Gasteiger partial charge in [-0.15, -0.1) is 0 Å². The smallest absolute Gasteiger partial charge is 0.264 e. The SMILES string of the molecule is CCCCCCCCCCCCCCCCCCS(=O)(=O)O.[Zn]. The topological polar surface area (TPSA) is 54.4 Å². The Labute approximate surface area is 157 Å². The molecule has 0 aromatic rings. The Hall–Kier alpha value is 0.533. The zero-order chi connectivity index (χ0) is 16.5. The zero-order valence-electron chi connectivity index (χ0n) is 15.4. The zero-order valence-corrected chi connectivity index (χ0v) is 19.2. The van der Waals surface area contributed by atoms with Gasteiger partial charge in [-0.3, -0.25) is 4.55 Å². The minimum absolute atomic E-state index is 0. The molecule has 0 aromatic heterocycles. The van der Waals surface area contributed by atoms with Gasteiger partial charge in [0.25, 0.3) is 10.1 Å². The van der Waals surface area contributed by atoms with Crippen molar-refractivity contribution in [2.24, 2.45) is 0 Å². The second-order valence-corrected chi connectivity index (χ2v) is 8.16. The van der Waals surface area contributed by atoms with Gasteiger partial charge in [0, 0.05) is 19.5 Å². The van der Waals surface area contributed by atoms with E-state index in [-0.39, 0.29) is 25.2 Å². The Bertz CT molecular complexity index is 318. The average Bonchev–Trinajstić information content (AvgIpc) is 2.45. The maximum absolute atomic E-state index is 10.5. The first-order valence-corrected chi connectivity index (χ1v) is 11.1. The molecule has 0 atom stereocenters. The number of hydrogen-bond donors (Lipinski definition) is 1.